The number of benzene rings is 1. The lowest BCUT2D eigenvalue weighted by atomic mass is 10.1. The maximum Gasteiger partial charge on any atom is 0.157 e. The van der Waals surface area contributed by atoms with E-state index in [1.807, 2.05) is 23.1 Å². The quantitative estimate of drug-likeness (QED) is 0.903. The summed E-state index contributed by atoms with van der Waals surface area (Å²) in [5.74, 6) is 1.08. The molecule has 1 aromatic carbocycles. The van der Waals surface area contributed by atoms with Crippen LogP contribution in [0.15, 0.2) is 47.5 Å². The lowest BCUT2D eigenvalue weighted by molar-refractivity contribution is 0.719. The first-order valence-corrected chi connectivity index (χ1v) is 9.08. The van der Waals surface area contributed by atoms with Gasteiger partial charge >= 0.3 is 0 Å². The Bertz CT molecular complexity index is 619. The zero-order chi connectivity index (χ0) is 14.7. The Hall–Kier alpha value is -1.26. The van der Waals surface area contributed by atoms with Gasteiger partial charge in [0.2, 0.25) is 0 Å². The van der Waals surface area contributed by atoms with Crippen LogP contribution in [0.4, 0.5) is 0 Å². The number of hydrogen-bond donors (Lipinski definition) is 1. The van der Waals surface area contributed by atoms with E-state index >= 15 is 0 Å². The molecular formula is C17H20N2S2. The monoisotopic (exact) mass is 316 g/mol. The van der Waals surface area contributed by atoms with Crippen LogP contribution in [0.25, 0.3) is 0 Å². The first-order valence-electron chi connectivity index (χ1n) is 7.28. The lowest BCUT2D eigenvalue weighted by Gasteiger charge is -2.12. The Morgan fingerprint density at radius 1 is 1.24 bits per heavy atom. The summed E-state index contributed by atoms with van der Waals surface area (Å²) in [7, 11) is 0. The van der Waals surface area contributed by atoms with E-state index in [0.717, 1.165) is 17.3 Å². The number of thioether (sulfide) groups is 1. The van der Waals surface area contributed by atoms with Crippen molar-refractivity contribution in [2.75, 3.05) is 5.75 Å². The minimum Gasteiger partial charge on any atom is -0.358 e. The first kappa shape index (κ1) is 14.7. The van der Waals surface area contributed by atoms with Crippen LogP contribution < -0.4 is 5.32 Å². The Kier molecular flexibility index (Phi) is 4.66. The molecule has 1 aliphatic rings. The molecule has 21 heavy (non-hydrogen) atoms. The summed E-state index contributed by atoms with van der Waals surface area (Å²) in [6.45, 7) is 4.36. The average Bonchev–Trinajstić information content (AvgIpc) is 3.09. The zero-order valence-corrected chi connectivity index (χ0v) is 14.0. The largest absolute Gasteiger partial charge is 0.358 e. The molecule has 0 radical (unpaired) electrons. The maximum atomic E-state index is 4.83. The molecule has 2 aromatic rings. The second-order valence-corrected chi connectivity index (χ2v) is 7.73. The minimum absolute atomic E-state index is 0.338. The van der Waals surface area contributed by atoms with Gasteiger partial charge in [0.1, 0.15) is 0 Å². The van der Waals surface area contributed by atoms with Crippen molar-refractivity contribution in [1.29, 1.82) is 0 Å². The lowest BCUT2D eigenvalue weighted by Crippen LogP contribution is -2.22. The summed E-state index contributed by atoms with van der Waals surface area (Å²) < 4.78 is 0. The van der Waals surface area contributed by atoms with Crippen molar-refractivity contribution in [2.24, 2.45) is 4.99 Å². The highest BCUT2D eigenvalue weighted by atomic mass is 32.2. The fourth-order valence-electron chi connectivity index (χ4n) is 2.43. The fraction of sp³-hybridized carbons (Fsp3) is 0.353. The molecule has 0 spiro atoms. The highest BCUT2D eigenvalue weighted by Gasteiger charge is 2.20. The second kappa shape index (κ2) is 6.67. The molecule has 3 rings (SSSR count). The van der Waals surface area contributed by atoms with Gasteiger partial charge in [0, 0.05) is 15.5 Å². The van der Waals surface area contributed by atoms with Crippen molar-refractivity contribution in [3.63, 3.8) is 0 Å². The smallest absolute Gasteiger partial charge is 0.157 e. The van der Waals surface area contributed by atoms with Crippen LogP contribution in [0.2, 0.25) is 0 Å². The maximum absolute atomic E-state index is 4.83. The summed E-state index contributed by atoms with van der Waals surface area (Å²) in [6, 6.07) is 15.8. The Balaban J connectivity index is 1.58. The normalized spacial score (nSPS) is 19.3. The molecule has 1 aliphatic heterocycles. The standard InChI is InChI=1S/C17H20N2S2/c1-12-8-9-16(21-12)13(2)18-17-19-15(11-20-17)10-14-6-4-3-5-7-14/h3-9,13,15H,10-11H2,1-2H3,(H,18,19). The van der Waals surface area contributed by atoms with E-state index in [-0.39, 0.29) is 0 Å². The molecule has 0 aliphatic carbocycles. The van der Waals surface area contributed by atoms with Crippen LogP contribution in [0, 0.1) is 6.92 Å². The molecule has 0 amide bonds. The van der Waals surface area contributed by atoms with E-state index in [9.17, 15) is 0 Å². The molecular weight excluding hydrogens is 296 g/mol. The van der Waals surface area contributed by atoms with Gasteiger partial charge in [0.05, 0.1) is 12.1 Å². The minimum atomic E-state index is 0.338. The number of nitrogens with zero attached hydrogens (tertiary/aromatic N) is 1. The van der Waals surface area contributed by atoms with E-state index < -0.39 is 0 Å². The van der Waals surface area contributed by atoms with Crippen molar-refractivity contribution in [3.05, 3.63) is 57.8 Å². The molecule has 4 heteroatoms. The molecule has 2 unspecified atom stereocenters. The van der Waals surface area contributed by atoms with Crippen molar-refractivity contribution in [1.82, 2.24) is 5.32 Å². The van der Waals surface area contributed by atoms with Crippen LogP contribution in [-0.2, 0) is 6.42 Å². The first-order chi connectivity index (χ1) is 10.2. The van der Waals surface area contributed by atoms with E-state index in [1.54, 1.807) is 0 Å². The van der Waals surface area contributed by atoms with Crippen LogP contribution in [0.1, 0.15) is 28.3 Å². The van der Waals surface area contributed by atoms with Crippen LogP contribution in [0.3, 0.4) is 0 Å². The molecule has 0 saturated carbocycles. The third-order valence-corrected chi connectivity index (χ3v) is 5.79. The molecule has 2 atom stereocenters. The molecule has 110 valence electrons. The third kappa shape index (κ3) is 3.89. The van der Waals surface area contributed by atoms with Gasteiger partial charge in [-0.15, -0.1) is 11.3 Å². The number of thiophene rings is 1. The van der Waals surface area contributed by atoms with Crippen LogP contribution >= 0.6 is 23.1 Å². The van der Waals surface area contributed by atoms with Crippen molar-refractivity contribution < 1.29 is 0 Å². The molecule has 2 heterocycles. The van der Waals surface area contributed by atoms with Gasteiger partial charge in [-0.05, 0) is 38.0 Å². The Labute approximate surface area is 134 Å². The summed E-state index contributed by atoms with van der Waals surface area (Å²) in [6.07, 6.45) is 1.03. The summed E-state index contributed by atoms with van der Waals surface area (Å²) in [4.78, 5) is 7.57. The molecule has 2 nitrogen and oxygen atoms in total. The molecule has 0 bridgehead atoms. The van der Waals surface area contributed by atoms with Gasteiger partial charge in [-0.3, -0.25) is 4.99 Å². The van der Waals surface area contributed by atoms with E-state index in [0.29, 0.717) is 12.1 Å². The Morgan fingerprint density at radius 3 is 2.76 bits per heavy atom. The highest BCUT2D eigenvalue weighted by molar-refractivity contribution is 8.14. The van der Waals surface area contributed by atoms with Gasteiger partial charge in [0.15, 0.2) is 5.17 Å². The van der Waals surface area contributed by atoms with Gasteiger partial charge in [-0.2, -0.15) is 0 Å². The molecule has 1 aromatic heterocycles. The highest BCUT2D eigenvalue weighted by Crippen LogP contribution is 2.25. The van der Waals surface area contributed by atoms with Gasteiger partial charge in [-0.1, -0.05) is 42.1 Å². The van der Waals surface area contributed by atoms with Gasteiger partial charge in [-0.25, -0.2) is 0 Å². The second-order valence-electron chi connectivity index (χ2n) is 5.40. The predicted molar refractivity (Wildman–Crippen MR) is 94.4 cm³/mol. The summed E-state index contributed by atoms with van der Waals surface area (Å²) >= 11 is 3.70. The predicted octanol–water partition coefficient (Wildman–Crippen LogP) is 4.42. The van der Waals surface area contributed by atoms with Crippen LogP contribution in [0.5, 0.6) is 0 Å². The average molecular weight is 316 g/mol. The van der Waals surface area contributed by atoms with Crippen molar-refractivity contribution in [2.45, 2.75) is 32.4 Å². The number of nitrogens with one attached hydrogen (secondary N) is 1. The Morgan fingerprint density at radius 2 is 2.05 bits per heavy atom. The summed E-state index contributed by atoms with van der Waals surface area (Å²) in [5, 5.41) is 4.64. The van der Waals surface area contributed by atoms with Crippen molar-refractivity contribution >= 4 is 28.3 Å². The van der Waals surface area contributed by atoms with Crippen LogP contribution in [-0.4, -0.2) is 17.0 Å². The molecule has 0 fully saturated rings. The number of aliphatic imine (C=N–C) groups is 1. The number of aryl methyl sites for hydroxylation is 1. The van der Waals surface area contributed by atoms with Gasteiger partial charge in [0.25, 0.3) is 0 Å². The number of hydrogen-bond acceptors (Lipinski definition) is 4. The van der Waals surface area contributed by atoms with E-state index in [4.69, 9.17) is 4.99 Å². The molecule has 0 saturated heterocycles. The van der Waals surface area contributed by atoms with E-state index in [1.165, 1.54) is 15.3 Å². The SMILES string of the molecule is Cc1ccc(C(C)NC2=NC(Cc3ccccc3)CS2)s1. The summed E-state index contributed by atoms with van der Waals surface area (Å²) in [5.41, 5.74) is 1.37. The third-order valence-electron chi connectivity index (χ3n) is 3.55. The van der Waals surface area contributed by atoms with Gasteiger partial charge < -0.3 is 5.32 Å². The fourth-order valence-corrected chi connectivity index (χ4v) is 4.33. The number of rotatable bonds is 4. The number of amidine groups is 1. The van der Waals surface area contributed by atoms with E-state index in [2.05, 4.69) is 61.6 Å². The topological polar surface area (TPSA) is 24.4 Å². The van der Waals surface area contributed by atoms with Crippen molar-refractivity contribution in [3.8, 4) is 0 Å². The zero-order valence-electron chi connectivity index (χ0n) is 12.4. The molecule has 1 N–H and O–H groups in total.